The molecule has 18 heavy (non-hydrogen) atoms. The third-order valence-electron chi connectivity index (χ3n) is 3.32. The molecular weight excluding hydrogens is 234 g/mol. The van der Waals surface area contributed by atoms with Crippen molar-refractivity contribution in [3.8, 4) is 0 Å². The number of nitro benzene ring substituents is 1. The quantitative estimate of drug-likeness (QED) is 0.497. The van der Waals surface area contributed by atoms with Gasteiger partial charge in [0, 0.05) is 25.3 Å². The summed E-state index contributed by atoms with van der Waals surface area (Å²) in [4.78, 5) is 12.5. The van der Waals surface area contributed by atoms with Crippen LogP contribution in [0.2, 0.25) is 0 Å². The summed E-state index contributed by atoms with van der Waals surface area (Å²) in [5.74, 6) is 0. The van der Waals surface area contributed by atoms with Gasteiger partial charge in [-0.1, -0.05) is 12.1 Å². The minimum absolute atomic E-state index is 0.0245. The standard InChI is InChI=1S/C12H17N3O3/c1-14(10-5-6-18-8-10)7-9-3-2-4-11(12(9)13)15(16)17/h2-4,10H,5-8,13H2,1H3. The Hall–Kier alpha value is -1.66. The number of hydrogen-bond donors (Lipinski definition) is 1. The first-order valence-electron chi connectivity index (χ1n) is 5.89. The molecule has 6 nitrogen and oxygen atoms in total. The van der Waals surface area contributed by atoms with Crippen LogP contribution in [0.1, 0.15) is 12.0 Å². The van der Waals surface area contributed by atoms with Crippen LogP contribution in [0, 0.1) is 10.1 Å². The van der Waals surface area contributed by atoms with Gasteiger partial charge in [-0.05, 0) is 19.0 Å². The van der Waals surface area contributed by atoms with Gasteiger partial charge in [-0.2, -0.15) is 0 Å². The maximum atomic E-state index is 10.8. The first-order valence-corrected chi connectivity index (χ1v) is 5.89. The first kappa shape index (κ1) is 12.8. The molecule has 1 unspecified atom stereocenters. The molecule has 2 rings (SSSR count). The number of nitrogens with zero attached hydrogens (tertiary/aromatic N) is 2. The third-order valence-corrected chi connectivity index (χ3v) is 3.32. The number of likely N-dealkylation sites (N-methyl/N-ethyl adjacent to an activating group) is 1. The number of hydrogen-bond acceptors (Lipinski definition) is 5. The average molecular weight is 251 g/mol. The van der Waals surface area contributed by atoms with Gasteiger partial charge >= 0.3 is 0 Å². The number of anilines is 1. The molecule has 0 aromatic heterocycles. The van der Waals surface area contributed by atoms with Gasteiger partial charge in [0.05, 0.1) is 11.5 Å². The smallest absolute Gasteiger partial charge is 0.292 e. The Kier molecular flexibility index (Phi) is 3.78. The number of ether oxygens (including phenoxy) is 1. The molecule has 1 aromatic rings. The van der Waals surface area contributed by atoms with Crippen molar-refractivity contribution in [2.24, 2.45) is 0 Å². The van der Waals surface area contributed by atoms with Crippen molar-refractivity contribution in [3.05, 3.63) is 33.9 Å². The van der Waals surface area contributed by atoms with Gasteiger partial charge in [-0.15, -0.1) is 0 Å². The Morgan fingerprint density at radius 1 is 1.61 bits per heavy atom. The normalized spacial score (nSPS) is 19.3. The van der Waals surface area contributed by atoms with Crippen LogP contribution in [0.25, 0.3) is 0 Å². The summed E-state index contributed by atoms with van der Waals surface area (Å²) in [7, 11) is 1.98. The zero-order valence-electron chi connectivity index (χ0n) is 10.3. The molecule has 1 fully saturated rings. The lowest BCUT2D eigenvalue weighted by Crippen LogP contribution is -2.31. The SMILES string of the molecule is CN(Cc1cccc([N+](=O)[O-])c1N)C1CCOC1. The van der Waals surface area contributed by atoms with Crippen molar-refractivity contribution in [2.75, 3.05) is 26.0 Å². The van der Waals surface area contributed by atoms with Crippen molar-refractivity contribution >= 4 is 11.4 Å². The van der Waals surface area contributed by atoms with Crippen LogP contribution in [-0.2, 0) is 11.3 Å². The van der Waals surface area contributed by atoms with E-state index in [0.717, 1.165) is 18.6 Å². The maximum absolute atomic E-state index is 10.8. The highest BCUT2D eigenvalue weighted by Gasteiger charge is 2.22. The van der Waals surface area contributed by atoms with Crippen LogP contribution < -0.4 is 5.73 Å². The minimum atomic E-state index is -0.447. The Balaban J connectivity index is 2.13. The second-order valence-electron chi connectivity index (χ2n) is 4.54. The van der Waals surface area contributed by atoms with E-state index in [1.807, 2.05) is 13.1 Å². The zero-order chi connectivity index (χ0) is 13.1. The number of benzene rings is 1. The molecule has 0 bridgehead atoms. The lowest BCUT2D eigenvalue weighted by atomic mass is 10.1. The topological polar surface area (TPSA) is 81.6 Å². The number of nitro groups is 1. The van der Waals surface area contributed by atoms with Gasteiger partial charge in [-0.25, -0.2) is 0 Å². The molecule has 1 atom stereocenters. The molecule has 1 aliphatic rings. The van der Waals surface area contributed by atoms with E-state index in [-0.39, 0.29) is 11.4 Å². The highest BCUT2D eigenvalue weighted by molar-refractivity contribution is 5.62. The first-order chi connectivity index (χ1) is 8.59. The molecule has 1 aliphatic heterocycles. The number of nitrogens with two attached hydrogens (primary N) is 1. The van der Waals surface area contributed by atoms with Crippen molar-refractivity contribution in [3.63, 3.8) is 0 Å². The highest BCUT2D eigenvalue weighted by Crippen LogP contribution is 2.26. The van der Waals surface area contributed by atoms with E-state index in [2.05, 4.69) is 4.90 Å². The van der Waals surface area contributed by atoms with Crippen LogP contribution in [0.5, 0.6) is 0 Å². The van der Waals surface area contributed by atoms with Crippen molar-refractivity contribution in [2.45, 2.75) is 19.0 Å². The molecule has 0 aliphatic carbocycles. The second kappa shape index (κ2) is 5.32. The van der Waals surface area contributed by atoms with Crippen LogP contribution in [0.4, 0.5) is 11.4 Å². The van der Waals surface area contributed by atoms with Gasteiger partial charge in [0.25, 0.3) is 5.69 Å². The fourth-order valence-electron chi connectivity index (χ4n) is 2.16. The third kappa shape index (κ3) is 2.60. The van der Waals surface area contributed by atoms with Gasteiger partial charge in [0.15, 0.2) is 0 Å². The maximum Gasteiger partial charge on any atom is 0.292 e. The van der Waals surface area contributed by atoms with Gasteiger partial charge in [0.2, 0.25) is 0 Å². The molecule has 1 saturated heterocycles. The minimum Gasteiger partial charge on any atom is -0.393 e. The Labute approximate surface area is 105 Å². The van der Waals surface area contributed by atoms with Crippen molar-refractivity contribution in [1.29, 1.82) is 0 Å². The highest BCUT2D eigenvalue weighted by atomic mass is 16.6. The van der Waals surface area contributed by atoms with Crippen molar-refractivity contribution < 1.29 is 9.66 Å². The van der Waals surface area contributed by atoms with E-state index < -0.39 is 4.92 Å². The molecule has 1 heterocycles. The Morgan fingerprint density at radius 2 is 2.39 bits per heavy atom. The van der Waals surface area contributed by atoms with E-state index >= 15 is 0 Å². The zero-order valence-corrected chi connectivity index (χ0v) is 10.3. The number of para-hydroxylation sites is 1. The van der Waals surface area contributed by atoms with Crippen LogP contribution in [-0.4, -0.2) is 36.1 Å². The fourth-order valence-corrected chi connectivity index (χ4v) is 2.16. The van der Waals surface area contributed by atoms with E-state index in [1.165, 1.54) is 6.07 Å². The summed E-state index contributed by atoms with van der Waals surface area (Å²) >= 11 is 0. The van der Waals surface area contributed by atoms with E-state index in [9.17, 15) is 10.1 Å². The molecule has 1 aromatic carbocycles. The van der Waals surface area contributed by atoms with Gasteiger partial charge in [-0.3, -0.25) is 15.0 Å². The van der Waals surface area contributed by atoms with E-state index in [0.29, 0.717) is 19.2 Å². The van der Waals surface area contributed by atoms with Gasteiger partial charge in [0.1, 0.15) is 5.69 Å². The lowest BCUT2D eigenvalue weighted by Gasteiger charge is -2.23. The molecule has 0 radical (unpaired) electrons. The summed E-state index contributed by atoms with van der Waals surface area (Å²) in [6, 6.07) is 5.29. The monoisotopic (exact) mass is 251 g/mol. The Morgan fingerprint density at radius 3 is 3.00 bits per heavy atom. The van der Waals surface area contributed by atoms with Crippen LogP contribution in [0.3, 0.4) is 0 Å². The summed E-state index contributed by atoms with van der Waals surface area (Å²) in [5.41, 5.74) is 6.86. The lowest BCUT2D eigenvalue weighted by molar-refractivity contribution is -0.384. The molecule has 0 saturated carbocycles. The van der Waals surface area contributed by atoms with Crippen LogP contribution >= 0.6 is 0 Å². The molecular formula is C12H17N3O3. The molecule has 0 amide bonds. The molecule has 98 valence electrons. The van der Waals surface area contributed by atoms with Crippen molar-refractivity contribution in [1.82, 2.24) is 4.90 Å². The number of rotatable bonds is 4. The number of nitrogen functional groups attached to an aromatic ring is 1. The van der Waals surface area contributed by atoms with Gasteiger partial charge < -0.3 is 10.5 Å². The van der Waals surface area contributed by atoms with E-state index in [4.69, 9.17) is 10.5 Å². The molecule has 0 spiro atoms. The Bertz CT molecular complexity index is 444. The summed E-state index contributed by atoms with van der Waals surface area (Å²) in [5, 5.41) is 10.8. The molecule has 2 N–H and O–H groups in total. The summed E-state index contributed by atoms with van der Waals surface area (Å²) < 4.78 is 5.33. The summed E-state index contributed by atoms with van der Waals surface area (Å²) in [6.45, 7) is 2.09. The second-order valence-corrected chi connectivity index (χ2v) is 4.54. The summed E-state index contributed by atoms with van der Waals surface area (Å²) in [6.07, 6.45) is 0.991. The molecule has 6 heteroatoms. The fraction of sp³-hybridized carbons (Fsp3) is 0.500. The van der Waals surface area contributed by atoms with Crippen LogP contribution in [0.15, 0.2) is 18.2 Å². The predicted octanol–water partition coefficient (Wildman–Crippen LogP) is 1.40. The van der Waals surface area contributed by atoms with E-state index in [1.54, 1.807) is 6.07 Å². The average Bonchev–Trinajstić information content (AvgIpc) is 2.85. The predicted molar refractivity (Wildman–Crippen MR) is 68.2 cm³/mol. The largest absolute Gasteiger partial charge is 0.393 e.